The highest BCUT2D eigenvalue weighted by atomic mass is 16.5. The van der Waals surface area contributed by atoms with Crippen LogP contribution in [0.2, 0.25) is 0 Å². The second-order valence-corrected chi connectivity index (χ2v) is 11.7. The molecule has 1 aromatic heterocycles. The number of nitrogens with one attached hydrogen (secondary N) is 1. The fraction of sp³-hybridized carbons (Fsp3) is 0.394. The zero-order valence-corrected chi connectivity index (χ0v) is 24.7. The molecule has 224 valence electrons. The Morgan fingerprint density at radius 3 is 2.44 bits per heavy atom. The summed E-state index contributed by atoms with van der Waals surface area (Å²) in [5, 5.41) is 2.51. The maximum atomic E-state index is 14.6. The van der Waals surface area contributed by atoms with E-state index in [4.69, 9.17) is 9.47 Å². The summed E-state index contributed by atoms with van der Waals surface area (Å²) < 4.78 is 12.9. The number of fused-ring (bicyclic) bond motifs is 4. The molecule has 2 saturated heterocycles. The van der Waals surface area contributed by atoms with Crippen molar-refractivity contribution in [3.8, 4) is 11.5 Å². The normalized spacial score (nSPS) is 23.5. The molecule has 0 aliphatic carbocycles. The molecule has 0 spiro atoms. The first-order valence-corrected chi connectivity index (χ1v) is 14.7. The van der Waals surface area contributed by atoms with E-state index in [1.807, 2.05) is 29.7 Å². The molecular weight excluding hydrogens is 548 g/mol. The lowest BCUT2D eigenvalue weighted by Crippen LogP contribution is -2.68. The van der Waals surface area contributed by atoms with Gasteiger partial charge in [0.25, 0.3) is 11.5 Å². The molecule has 43 heavy (non-hydrogen) atoms. The summed E-state index contributed by atoms with van der Waals surface area (Å²) in [4.78, 5) is 57.7. The van der Waals surface area contributed by atoms with Gasteiger partial charge in [-0.2, -0.15) is 0 Å². The van der Waals surface area contributed by atoms with Crippen molar-refractivity contribution in [2.45, 2.75) is 38.6 Å². The molecule has 3 aliphatic heterocycles. The molecule has 2 aromatic carbocycles. The van der Waals surface area contributed by atoms with E-state index in [1.165, 1.54) is 7.11 Å². The molecule has 4 amide bonds. The number of barbiturate groups is 1. The van der Waals surface area contributed by atoms with Crippen LogP contribution < -0.4 is 25.2 Å². The van der Waals surface area contributed by atoms with E-state index in [1.54, 1.807) is 49.6 Å². The van der Waals surface area contributed by atoms with E-state index >= 15 is 0 Å². The minimum Gasteiger partial charge on any atom is -0.497 e. The van der Waals surface area contributed by atoms with Crippen molar-refractivity contribution in [2.75, 3.05) is 38.8 Å². The summed E-state index contributed by atoms with van der Waals surface area (Å²) in [6.45, 7) is 3.94. The molecule has 3 atom stereocenters. The molecule has 1 N–H and O–H groups in total. The number of benzene rings is 2. The van der Waals surface area contributed by atoms with Crippen LogP contribution in [0.25, 0.3) is 0 Å². The number of hydrogen-bond donors (Lipinski definition) is 1. The number of imide groups is 2. The first kappa shape index (κ1) is 28.7. The number of piperidine rings is 1. The molecule has 2 fully saturated rings. The SMILES string of the molecule is CCc1ccc(N2C(=O)NC(=O)[C@](Cc3ccc(OC)cc3OC)(CN3C[C@H]4C[C@H](C3)c3cccc(=O)n3C4)C2=O)cc1. The van der Waals surface area contributed by atoms with E-state index in [0.717, 1.165) is 29.0 Å². The quantitative estimate of drug-likeness (QED) is 0.405. The Bertz CT molecular complexity index is 1630. The Labute approximate surface area is 250 Å². The topological polar surface area (TPSA) is 110 Å². The highest BCUT2D eigenvalue weighted by Crippen LogP contribution is 2.40. The number of rotatable bonds is 8. The first-order chi connectivity index (χ1) is 20.8. The van der Waals surface area contributed by atoms with E-state index in [0.29, 0.717) is 42.4 Å². The second kappa shape index (κ2) is 11.3. The van der Waals surface area contributed by atoms with Crippen molar-refractivity contribution in [1.82, 2.24) is 14.8 Å². The van der Waals surface area contributed by atoms with Crippen LogP contribution >= 0.6 is 0 Å². The lowest BCUT2D eigenvalue weighted by atomic mass is 9.75. The van der Waals surface area contributed by atoms with Crippen molar-refractivity contribution in [1.29, 1.82) is 0 Å². The van der Waals surface area contributed by atoms with Crippen molar-refractivity contribution >= 4 is 23.5 Å². The van der Waals surface area contributed by atoms with Gasteiger partial charge in [0.1, 0.15) is 16.9 Å². The van der Waals surface area contributed by atoms with Crippen LogP contribution in [0.3, 0.4) is 0 Å². The summed E-state index contributed by atoms with van der Waals surface area (Å²) in [5.41, 5.74) is 1.47. The van der Waals surface area contributed by atoms with E-state index in [9.17, 15) is 19.2 Å². The summed E-state index contributed by atoms with van der Waals surface area (Å²) in [6.07, 6.45) is 1.77. The van der Waals surface area contributed by atoms with Gasteiger partial charge >= 0.3 is 6.03 Å². The second-order valence-electron chi connectivity index (χ2n) is 11.7. The van der Waals surface area contributed by atoms with Crippen molar-refractivity contribution < 1.29 is 23.9 Å². The highest BCUT2D eigenvalue weighted by molar-refractivity contribution is 6.30. The number of methoxy groups -OCH3 is 2. The van der Waals surface area contributed by atoms with Gasteiger partial charge in [0.2, 0.25) is 5.91 Å². The number of amides is 4. The monoisotopic (exact) mass is 584 g/mol. The number of carbonyl (C=O) groups is 3. The number of carbonyl (C=O) groups excluding carboxylic acids is 3. The van der Waals surface area contributed by atoms with Gasteiger partial charge in [-0.3, -0.25) is 19.7 Å². The Hall–Kier alpha value is -4.44. The van der Waals surface area contributed by atoms with E-state index in [2.05, 4.69) is 10.2 Å². The van der Waals surface area contributed by atoms with E-state index in [-0.39, 0.29) is 30.4 Å². The number of ether oxygens (including phenoxy) is 2. The average Bonchev–Trinajstić information content (AvgIpc) is 3.01. The van der Waals surface area contributed by atoms with Gasteiger partial charge in [-0.1, -0.05) is 31.2 Å². The zero-order chi connectivity index (χ0) is 30.3. The van der Waals surface area contributed by atoms with E-state index < -0.39 is 23.3 Å². The zero-order valence-electron chi connectivity index (χ0n) is 24.7. The van der Waals surface area contributed by atoms with Crippen LogP contribution in [-0.2, 0) is 29.0 Å². The lowest BCUT2D eigenvalue weighted by Gasteiger charge is -2.47. The fourth-order valence-corrected chi connectivity index (χ4v) is 6.97. The molecule has 10 nitrogen and oxygen atoms in total. The molecule has 3 aromatic rings. The predicted molar refractivity (Wildman–Crippen MR) is 161 cm³/mol. The Balaban J connectivity index is 1.40. The van der Waals surface area contributed by atoms with Crippen LogP contribution in [0.15, 0.2) is 65.5 Å². The van der Waals surface area contributed by atoms with Crippen LogP contribution in [0.4, 0.5) is 10.5 Å². The summed E-state index contributed by atoms with van der Waals surface area (Å²) in [7, 11) is 3.09. The summed E-state index contributed by atoms with van der Waals surface area (Å²) in [5.74, 6) is 0.151. The van der Waals surface area contributed by atoms with Gasteiger partial charge < -0.3 is 18.9 Å². The lowest BCUT2D eigenvalue weighted by molar-refractivity contribution is -0.144. The number of hydrogen-bond acceptors (Lipinski definition) is 7. The van der Waals surface area contributed by atoms with Gasteiger partial charge in [-0.15, -0.1) is 0 Å². The number of urea groups is 1. The molecule has 0 radical (unpaired) electrons. The fourth-order valence-electron chi connectivity index (χ4n) is 6.97. The highest BCUT2D eigenvalue weighted by Gasteiger charge is 2.56. The number of nitrogens with zero attached hydrogens (tertiary/aromatic N) is 3. The van der Waals surface area contributed by atoms with Crippen molar-refractivity contribution in [2.24, 2.45) is 11.3 Å². The summed E-state index contributed by atoms with van der Waals surface area (Å²) >= 11 is 0. The number of aryl methyl sites for hydroxylation is 1. The third-order valence-corrected chi connectivity index (χ3v) is 9.11. The third kappa shape index (κ3) is 5.09. The van der Waals surface area contributed by atoms with Gasteiger partial charge in [-0.25, -0.2) is 9.69 Å². The predicted octanol–water partition coefficient (Wildman–Crippen LogP) is 3.36. The first-order valence-electron chi connectivity index (χ1n) is 14.7. The molecule has 4 heterocycles. The van der Waals surface area contributed by atoms with Crippen LogP contribution in [-0.4, -0.2) is 61.2 Å². The van der Waals surface area contributed by atoms with Gasteiger partial charge in [0, 0.05) is 56.3 Å². The Kier molecular flexibility index (Phi) is 7.56. The largest absolute Gasteiger partial charge is 0.497 e. The average molecular weight is 585 g/mol. The number of pyridine rings is 1. The minimum atomic E-state index is -1.62. The van der Waals surface area contributed by atoms with Gasteiger partial charge in [0.05, 0.1) is 19.9 Å². The smallest absolute Gasteiger partial charge is 0.335 e. The standard InChI is InChI=1S/C33H36N4O6/c1-4-21-8-11-25(12-9-21)37-31(40)33(30(39)34-32(37)41,16-23-10-13-26(42-2)15-28(23)43-3)20-35-17-22-14-24(19-35)27-6-5-7-29(38)36(27)18-22/h5-13,15,22,24H,4,14,16-20H2,1-3H3,(H,34,39,41)/t22-,24-,33+/m1/s1. The molecule has 10 heteroatoms. The van der Waals surface area contributed by atoms with Crippen LogP contribution in [0.5, 0.6) is 11.5 Å². The van der Waals surface area contributed by atoms with Crippen molar-refractivity contribution in [3.63, 3.8) is 0 Å². The maximum Gasteiger partial charge on any atom is 0.335 e. The molecular formula is C33H36N4O6. The maximum absolute atomic E-state index is 14.6. The third-order valence-electron chi connectivity index (χ3n) is 9.11. The Morgan fingerprint density at radius 2 is 1.72 bits per heavy atom. The number of anilines is 1. The number of aromatic nitrogens is 1. The minimum absolute atomic E-state index is 0.00574. The van der Waals surface area contributed by atoms with Gasteiger partial charge in [0.15, 0.2) is 0 Å². The molecule has 2 bridgehead atoms. The molecule has 3 aliphatic rings. The van der Waals surface area contributed by atoms with Crippen LogP contribution in [0, 0.1) is 11.3 Å². The Morgan fingerprint density at radius 1 is 0.930 bits per heavy atom. The molecule has 0 unspecified atom stereocenters. The molecule has 0 saturated carbocycles. The van der Waals surface area contributed by atoms with Crippen LogP contribution in [0.1, 0.15) is 36.1 Å². The van der Waals surface area contributed by atoms with Gasteiger partial charge in [-0.05, 0) is 54.2 Å². The molecule has 6 rings (SSSR count). The summed E-state index contributed by atoms with van der Waals surface area (Å²) in [6, 6.07) is 17.1. The van der Waals surface area contributed by atoms with Crippen molar-refractivity contribution in [3.05, 3.63) is 87.8 Å². The number of likely N-dealkylation sites (tertiary alicyclic amines) is 1.